The summed E-state index contributed by atoms with van der Waals surface area (Å²) in [5, 5.41) is 0.993. The number of carbonyl (C=O) groups excluding carboxylic acids is 1. The van der Waals surface area contributed by atoms with Crippen LogP contribution >= 0.6 is 0 Å². The van der Waals surface area contributed by atoms with E-state index in [4.69, 9.17) is 0 Å². The van der Waals surface area contributed by atoms with Crippen molar-refractivity contribution < 1.29 is 4.79 Å². The molecule has 3 rings (SSSR count). The number of likely N-dealkylation sites (N-methyl/N-ethyl adjacent to an activating group) is 1. The Balaban J connectivity index is 2.21. The quantitative estimate of drug-likeness (QED) is 0.504. The molecule has 29 heavy (non-hydrogen) atoms. The molecule has 0 unspecified atom stereocenters. The van der Waals surface area contributed by atoms with Gasteiger partial charge in [-0.3, -0.25) is 9.59 Å². The Kier molecular flexibility index (Phi) is 6.25. The molecular formula is C25H26N2O2. The average molecular weight is 386 g/mol. The lowest BCUT2D eigenvalue weighted by atomic mass is 9.91. The van der Waals surface area contributed by atoms with Crippen LogP contribution in [0.3, 0.4) is 0 Å². The monoisotopic (exact) mass is 386 g/mol. The first kappa shape index (κ1) is 20.5. The van der Waals surface area contributed by atoms with E-state index in [0.717, 1.165) is 46.0 Å². The van der Waals surface area contributed by atoms with Crippen molar-refractivity contribution in [3.63, 3.8) is 0 Å². The molecule has 1 aromatic heterocycles. The fourth-order valence-electron chi connectivity index (χ4n) is 3.29. The third kappa shape index (κ3) is 4.79. The van der Waals surface area contributed by atoms with Crippen LogP contribution < -0.4 is 5.56 Å². The standard InChI is InChI=1S/C25H26N2O2/c1-17(16-28)13-19-7-5-6-8-22(19)23(11-12-27(3)4)20-9-10-24-21(15-20)14-18(2)25(29)26-24/h5-11,13-16H,12H2,1-4H3,(H,26,29)/b17-13?,23-11-. The van der Waals surface area contributed by atoms with Gasteiger partial charge >= 0.3 is 0 Å². The molecule has 0 amide bonds. The van der Waals surface area contributed by atoms with Gasteiger partial charge in [-0.15, -0.1) is 0 Å². The number of aryl methyl sites for hydroxylation is 1. The van der Waals surface area contributed by atoms with Crippen LogP contribution in [0.4, 0.5) is 0 Å². The maximum absolute atomic E-state index is 11.9. The number of H-pyrrole nitrogens is 1. The molecule has 2 aromatic carbocycles. The fourth-order valence-corrected chi connectivity index (χ4v) is 3.29. The Labute approximate surface area is 171 Å². The van der Waals surface area contributed by atoms with E-state index in [1.54, 1.807) is 0 Å². The lowest BCUT2D eigenvalue weighted by Gasteiger charge is -2.15. The molecule has 0 saturated heterocycles. The number of aromatic amines is 1. The Hall–Kier alpha value is -3.24. The number of allylic oxidation sites excluding steroid dienone is 1. The van der Waals surface area contributed by atoms with Crippen molar-refractivity contribution in [1.82, 2.24) is 9.88 Å². The number of nitrogens with zero attached hydrogens (tertiary/aromatic N) is 1. The summed E-state index contributed by atoms with van der Waals surface area (Å²) in [6.07, 6.45) is 4.98. The van der Waals surface area contributed by atoms with Gasteiger partial charge in [-0.05, 0) is 85.4 Å². The predicted molar refractivity (Wildman–Crippen MR) is 121 cm³/mol. The minimum atomic E-state index is -0.0616. The van der Waals surface area contributed by atoms with Crippen molar-refractivity contribution in [2.24, 2.45) is 0 Å². The van der Waals surface area contributed by atoms with E-state index in [1.807, 2.05) is 70.4 Å². The third-order valence-corrected chi connectivity index (χ3v) is 4.82. The molecule has 0 radical (unpaired) electrons. The lowest BCUT2D eigenvalue weighted by molar-refractivity contribution is -0.104. The Morgan fingerprint density at radius 1 is 1.10 bits per heavy atom. The summed E-state index contributed by atoms with van der Waals surface area (Å²) in [4.78, 5) is 28.1. The van der Waals surface area contributed by atoms with Gasteiger partial charge in [0.1, 0.15) is 6.29 Å². The zero-order valence-corrected chi connectivity index (χ0v) is 17.3. The normalized spacial score (nSPS) is 12.6. The van der Waals surface area contributed by atoms with E-state index < -0.39 is 0 Å². The van der Waals surface area contributed by atoms with Gasteiger partial charge in [0.25, 0.3) is 5.56 Å². The van der Waals surface area contributed by atoms with Crippen molar-refractivity contribution >= 4 is 28.8 Å². The highest BCUT2D eigenvalue weighted by atomic mass is 16.1. The largest absolute Gasteiger partial charge is 0.322 e. The number of nitrogens with one attached hydrogen (secondary N) is 1. The second-order valence-electron chi connectivity index (χ2n) is 7.56. The smallest absolute Gasteiger partial charge is 0.251 e. The molecule has 0 aliphatic rings. The Morgan fingerprint density at radius 3 is 2.59 bits per heavy atom. The summed E-state index contributed by atoms with van der Waals surface area (Å²) in [5.74, 6) is 0. The molecule has 0 aliphatic carbocycles. The van der Waals surface area contributed by atoms with Crippen LogP contribution in [0.2, 0.25) is 0 Å². The molecule has 0 bridgehead atoms. The molecule has 3 aromatic rings. The van der Waals surface area contributed by atoms with Gasteiger partial charge in [0.15, 0.2) is 0 Å². The topological polar surface area (TPSA) is 53.2 Å². The molecule has 148 valence electrons. The van der Waals surface area contributed by atoms with Gasteiger partial charge in [-0.2, -0.15) is 0 Å². The highest BCUT2D eigenvalue weighted by Gasteiger charge is 2.11. The molecule has 0 spiro atoms. The SMILES string of the molecule is CC(C=O)=Cc1ccccc1/C(=C\CN(C)C)c1ccc2[nH]c(=O)c(C)cc2c1. The fraction of sp³-hybridized carbons (Fsp3) is 0.200. The van der Waals surface area contributed by atoms with Gasteiger partial charge in [-0.1, -0.05) is 36.4 Å². The first-order valence-corrected chi connectivity index (χ1v) is 9.61. The summed E-state index contributed by atoms with van der Waals surface area (Å²) in [6, 6.07) is 16.1. The number of benzene rings is 2. The number of aromatic nitrogens is 1. The highest BCUT2D eigenvalue weighted by molar-refractivity contribution is 5.91. The molecule has 0 fully saturated rings. The number of aldehydes is 1. The lowest BCUT2D eigenvalue weighted by Crippen LogP contribution is -2.11. The molecule has 0 saturated carbocycles. The second-order valence-corrected chi connectivity index (χ2v) is 7.56. The van der Waals surface area contributed by atoms with Crippen molar-refractivity contribution in [1.29, 1.82) is 0 Å². The van der Waals surface area contributed by atoms with Gasteiger partial charge in [-0.25, -0.2) is 0 Å². The second kappa shape index (κ2) is 8.84. The molecule has 1 N–H and O–H groups in total. The van der Waals surface area contributed by atoms with Crippen molar-refractivity contribution in [2.45, 2.75) is 13.8 Å². The maximum atomic E-state index is 11.9. The molecule has 0 atom stereocenters. The Bertz CT molecular complexity index is 1170. The van der Waals surface area contributed by atoms with Crippen LogP contribution in [0.15, 0.2) is 65.0 Å². The van der Waals surface area contributed by atoms with E-state index >= 15 is 0 Å². The summed E-state index contributed by atoms with van der Waals surface area (Å²) < 4.78 is 0. The van der Waals surface area contributed by atoms with Crippen molar-refractivity contribution in [3.8, 4) is 0 Å². The summed E-state index contributed by atoms with van der Waals surface area (Å²) >= 11 is 0. The van der Waals surface area contributed by atoms with Crippen LogP contribution in [0, 0.1) is 6.92 Å². The molecule has 4 nitrogen and oxygen atoms in total. The van der Waals surface area contributed by atoms with E-state index in [0.29, 0.717) is 11.1 Å². The third-order valence-electron chi connectivity index (χ3n) is 4.82. The maximum Gasteiger partial charge on any atom is 0.251 e. The highest BCUT2D eigenvalue weighted by Crippen LogP contribution is 2.29. The molecule has 4 heteroatoms. The van der Waals surface area contributed by atoms with Crippen molar-refractivity contribution in [3.05, 3.63) is 92.8 Å². The van der Waals surface area contributed by atoms with E-state index in [-0.39, 0.29) is 5.56 Å². The first-order valence-electron chi connectivity index (χ1n) is 9.61. The van der Waals surface area contributed by atoms with Gasteiger partial charge in [0, 0.05) is 17.6 Å². The zero-order valence-electron chi connectivity index (χ0n) is 17.3. The average Bonchev–Trinajstić information content (AvgIpc) is 2.70. The van der Waals surface area contributed by atoms with Crippen LogP contribution in [-0.4, -0.2) is 36.8 Å². The summed E-state index contributed by atoms with van der Waals surface area (Å²) in [7, 11) is 4.07. The minimum absolute atomic E-state index is 0.0616. The summed E-state index contributed by atoms with van der Waals surface area (Å²) in [6.45, 7) is 4.40. The summed E-state index contributed by atoms with van der Waals surface area (Å²) in [5.41, 5.74) is 6.35. The van der Waals surface area contributed by atoms with Crippen LogP contribution in [0.1, 0.15) is 29.2 Å². The van der Waals surface area contributed by atoms with Crippen LogP contribution in [0.5, 0.6) is 0 Å². The van der Waals surface area contributed by atoms with E-state index in [2.05, 4.69) is 28.1 Å². The Morgan fingerprint density at radius 2 is 1.86 bits per heavy atom. The van der Waals surface area contributed by atoms with Gasteiger partial charge < -0.3 is 9.88 Å². The van der Waals surface area contributed by atoms with Crippen molar-refractivity contribution in [2.75, 3.05) is 20.6 Å². The minimum Gasteiger partial charge on any atom is -0.322 e. The van der Waals surface area contributed by atoms with E-state index in [1.165, 1.54) is 0 Å². The van der Waals surface area contributed by atoms with Crippen LogP contribution in [-0.2, 0) is 4.79 Å². The van der Waals surface area contributed by atoms with E-state index in [9.17, 15) is 9.59 Å². The number of fused-ring (bicyclic) bond motifs is 1. The zero-order chi connectivity index (χ0) is 21.0. The molecule has 0 aliphatic heterocycles. The van der Waals surface area contributed by atoms with Crippen LogP contribution in [0.25, 0.3) is 22.6 Å². The first-order chi connectivity index (χ1) is 13.9. The van der Waals surface area contributed by atoms with Gasteiger partial charge in [0.2, 0.25) is 0 Å². The number of hydrogen-bond acceptors (Lipinski definition) is 3. The number of carbonyl (C=O) groups is 1. The number of rotatable bonds is 6. The number of pyridine rings is 1. The number of hydrogen-bond donors (Lipinski definition) is 1. The molecular weight excluding hydrogens is 360 g/mol. The predicted octanol–water partition coefficient (Wildman–Crippen LogP) is 4.43. The van der Waals surface area contributed by atoms with Gasteiger partial charge in [0.05, 0.1) is 0 Å². The molecule has 1 heterocycles.